The molecule has 20 heavy (non-hydrogen) atoms. The maximum absolute atomic E-state index is 5.31. The summed E-state index contributed by atoms with van der Waals surface area (Å²) in [6.07, 6.45) is 0. The van der Waals surface area contributed by atoms with Crippen LogP contribution in [0, 0.1) is 4.77 Å². The molecule has 1 fully saturated rings. The number of H-pyrrole nitrogens is 1. The minimum Gasteiger partial charge on any atom is -0.338 e. The van der Waals surface area contributed by atoms with Gasteiger partial charge < -0.3 is 9.80 Å². The van der Waals surface area contributed by atoms with Crippen LogP contribution >= 0.6 is 12.2 Å². The Labute approximate surface area is 126 Å². The second-order valence-electron chi connectivity index (χ2n) is 5.92. The molecule has 1 aromatic heterocycles. The normalized spacial score (nSPS) is 17.4. The number of nitrogens with one attached hydrogen (secondary N) is 1. The number of hydrogen-bond donors (Lipinski definition) is 1. The number of piperazine rings is 1. The quantitative estimate of drug-likeness (QED) is 0.828. The molecular weight excluding hydrogens is 272 g/mol. The largest absolute Gasteiger partial charge is 0.338 e. The van der Waals surface area contributed by atoms with Gasteiger partial charge in [-0.3, -0.25) is 9.47 Å². The molecule has 1 saturated heterocycles. The Morgan fingerprint density at radius 3 is 2.45 bits per heavy atom. The smallest absolute Gasteiger partial charge is 0.226 e. The van der Waals surface area contributed by atoms with E-state index >= 15 is 0 Å². The number of anilines is 1. The van der Waals surface area contributed by atoms with E-state index in [1.54, 1.807) is 0 Å². The van der Waals surface area contributed by atoms with E-state index in [1.807, 2.05) is 0 Å². The van der Waals surface area contributed by atoms with Crippen LogP contribution < -0.4 is 4.90 Å². The van der Waals surface area contributed by atoms with E-state index in [-0.39, 0.29) is 0 Å². The monoisotopic (exact) mass is 298 g/mol. The van der Waals surface area contributed by atoms with E-state index in [1.165, 1.54) is 0 Å². The highest BCUT2D eigenvalue weighted by molar-refractivity contribution is 7.71. The van der Waals surface area contributed by atoms with E-state index in [4.69, 9.17) is 12.2 Å². The molecule has 2 heterocycles. The molecule has 1 N–H and O–H groups in total. The molecule has 0 saturated carbocycles. The van der Waals surface area contributed by atoms with Gasteiger partial charge in [-0.25, -0.2) is 5.10 Å². The Morgan fingerprint density at radius 1 is 1.25 bits per heavy atom. The van der Waals surface area contributed by atoms with Crippen LogP contribution in [0.2, 0.25) is 0 Å². The fraction of sp³-hybridized carbons (Fsp3) is 0.846. The average Bonchev–Trinajstić information content (AvgIpc) is 2.79. The summed E-state index contributed by atoms with van der Waals surface area (Å²) in [5.41, 5.74) is 0. The fourth-order valence-electron chi connectivity index (χ4n) is 2.50. The third-order valence-corrected chi connectivity index (χ3v) is 4.01. The molecule has 1 aromatic rings. The van der Waals surface area contributed by atoms with Gasteiger partial charge in [-0.2, -0.15) is 0 Å². The minimum atomic E-state index is 0.336. The summed E-state index contributed by atoms with van der Waals surface area (Å²) in [5, 5.41) is 7.33. The van der Waals surface area contributed by atoms with Crippen LogP contribution in [-0.4, -0.2) is 77.9 Å². The van der Waals surface area contributed by atoms with Crippen molar-refractivity contribution < 1.29 is 0 Å². The number of likely N-dealkylation sites (N-methyl/N-ethyl adjacent to an activating group) is 1. The molecule has 0 radical (unpaired) electrons. The third-order valence-electron chi connectivity index (χ3n) is 3.72. The SMILES string of the molecule is CC(C)n1c(N2CCN(CCN(C)C)CC2)n[nH]c1=S. The van der Waals surface area contributed by atoms with Crippen molar-refractivity contribution in [3.63, 3.8) is 0 Å². The average molecular weight is 298 g/mol. The lowest BCUT2D eigenvalue weighted by Crippen LogP contribution is -2.48. The van der Waals surface area contributed by atoms with Crippen LogP contribution in [0.1, 0.15) is 19.9 Å². The zero-order valence-corrected chi connectivity index (χ0v) is 13.8. The van der Waals surface area contributed by atoms with Crippen molar-refractivity contribution in [1.29, 1.82) is 0 Å². The number of aromatic amines is 1. The molecule has 1 aliphatic rings. The Hall–Kier alpha value is -0.920. The van der Waals surface area contributed by atoms with Crippen molar-refractivity contribution in [2.75, 3.05) is 58.3 Å². The van der Waals surface area contributed by atoms with E-state index < -0.39 is 0 Å². The Kier molecular flexibility index (Phi) is 5.17. The summed E-state index contributed by atoms with van der Waals surface area (Å²) >= 11 is 5.31. The summed E-state index contributed by atoms with van der Waals surface area (Å²) in [7, 11) is 4.24. The lowest BCUT2D eigenvalue weighted by molar-refractivity contribution is 0.228. The highest BCUT2D eigenvalue weighted by Gasteiger charge is 2.21. The standard InChI is InChI=1S/C13H26N6S/c1-11(2)19-12(14-15-13(19)20)18-9-7-17(8-10-18)6-5-16(3)4/h11H,5-10H2,1-4H3,(H,15,20). The summed E-state index contributed by atoms with van der Waals surface area (Å²) < 4.78 is 2.81. The zero-order valence-electron chi connectivity index (χ0n) is 13.0. The summed E-state index contributed by atoms with van der Waals surface area (Å²) in [6, 6.07) is 0.336. The predicted octanol–water partition coefficient (Wildman–Crippen LogP) is 1.21. The molecular formula is C13H26N6S. The molecule has 7 heteroatoms. The maximum Gasteiger partial charge on any atom is 0.226 e. The van der Waals surface area contributed by atoms with Crippen LogP contribution in [0.3, 0.4) is 0 Å². The van der Waals surface area contributed by atoms with Gasteiger partial charge in [-0.15, -0.1) is 5.10 Å². The summed E-state index contributed by atoms with van der Waals surface area (Å²) in [5.74, 6) is 0.984. The molecule has 0 atom stereocenters. The number of aromatic nitrogens is 3. The molecule has 6 nitrogen and oxygen atoms in total. The second kappa shape index (κ2) is 6.69. The van der Waals surface area contributed by atoms with Crippen LogP contribution in [0.4, 0.5) is 5.95 Å². The van der Waals surface area contributed by atoms with Gasteiger partial charge in [-0.1, -0.05) is 0 Å². The summed E-state index contributed by atoms with van der Waals surface area (Å²) in [4.78, 5) is 7.08. The highest BCUT2D eigenvalue weighted by atomic mass is 32.1. The lowest BCUT2D eigenvalue weighted by Gasteiger charge is -2.35. The Bertz CT molecular complexity index is 469. The van der Waals surface area contributed by atoms with Gasteiger partial charge in [0.2, 0.25) is 5.95 Å². The lowest BCUT2D eigenvalue weighted by atomic mass is 10.3. The van der Waals surface area contributed by atoms with Crippen molar-refractivity contribution >= 4 is 18.2 Å². The van der Waals surface area contributed by atoms with Gasteiger partial charge in [0.1, 0.15) is 0 Å². The first-order valence-corrected chi connectivity index (χ1v) is 7.69. The topological polar surface area (TPSA) is 43.3 Å². The van der Waals surface area contributed by atoms with Crippen molar-refractivity contribution in [3.8, 4) is 0 Å². The molecule has 0 spiro atoms. The van der Waals surface area contributed by atoms with Crippen LogP contribution in [0.25, 0.3) is 0 Å². The molecule has 0 aromatic carbocycles. The van der Waals surface area contributed by atoms with Crippen LogP contribution in [0.15, 0.2) is 0 Å². The number of rotatable bonds is 5. The van der Waals surface area contributed by atoms with E-state index in [0.717, 1.165) is 45.2 Å². The van der Waals surface area contributed by atoms with Gasteiger partial charge in [0.05, 0.1) is 0 Å². The molecule has 0 aliphatic carbocycles. The molecule has 0 amide bonds. The van der Waals surface area contributed by atoms with Crippen molar-refractivity contribution in [1.82, 2.24) is 24.6 Å². The van der Waals surface area contributed by atoms with Crippen molar-refractivity contribution in [3.05, 3.63) is 4.77 Å². The second-order valence-corrected chi connectivity index (χ2v) is 6.31. The third kappa shape index (κ3) is 3.59. The molecule has 114 valence electrons. The number of hydrogen-bond acceptors (Lipinski definition) is 5. The Balaban J connectivity index is 1.96. The summed E-state index contributed by atoms with van der Waals surface area (Å²) in [6.45, 7) is 10.7. The minimum absolute atomic E-state index is 0.336. The van der Waals surface area contributed by atoms with Gasteiger partial charge in [0.25, 0.3) is 0 Å². The predicted molar refractivity (Wildman–Crippen MR) is 85.0 cm³/mol. The number of nitrogens with zero attached hydrogens (tertiary/aromatic N) is 5. The first kappa shape index (κ1) is 15.5. The maximum atomic E-state index is 5.31. The van der Waals surface area contributed by atoms with Gasteiger partial charge >= 0.3 is 0 Å². The molecule has 0 bridgehead atoms. The van der Waals surface area contributed by atoms with Crippen LogP contribution in [-0.2, 0) is 0 Å². The zero-order chi connectivity index (χ0) is 14.7. The Morgan fingerprint density at radius 2 is 1.90 bits per heavy atom. The first-order chi connectivity index (χ1) is 9.49. The van der Waals surface area contributed by atoms with E-state index in [2.05, 4.69) is 57.4 Å². The van der Waals surface area contributed by atoms with Crippen LogP contribution in [0.5, 0.6) is 0 Å². The van der Waals surface area contributed by atoms with Gasteiger partial charge in [0, 0.05) is 45.3 Å². The first-order valence-electron chi connectivity index (χ1n) is 7.28. The highest BCUT2D eigenvalue weighted by Crippen LogP contribution is 2.18. The van der Waals surface area contributed by atoms with E-state index in [9.17, 15) is 0 Å². The molecule has 2 rings (SSSR count). The van der Waals surface area contributed by atoms with E-state index in [0.29, 0.717) is 10.8 Å². The van der Waals surface area contributed by atoms with Crippen molar-refractivity contribution in [2.45, 2.75) is 19.9 Å². The van der Waals surface area contributed by atoms with Gasteiger partial charge in [-0.05, 0) is 40.2 Å². The molecule has 1 aliphatic heterocycles. The van der Waals surface area contributed by atoms with Crippen molar-refractivity contribution in [2.24, 2.45) is 0 Å². The molecule has 0 unspecified atom stereocenters. The fourth-order valence-corrected chi connectivity index (χ4v) is 2.84. The van der Waals surface area contributed by atoms with Gasteiger partial charge in [0.15, 0.2) is 4.77 Å².